The van der Waals surface area contributed by atoms with Gasteiger partial charge in [0.15, 0.2) is 6.61 Å². The van der Waals surface area contributed by atoms with Crippen LogP contribution in [-0.4, -0.2) is 54.8 Å². The van der Waals surface area contributed by atoms with E-state index < -0.39 is 18.7 Å². The Hall–Kier alpha value is -1.83. The SMILES string of the molecule is CC1CCN(CCNC(=O)c2cccnc2OCC(F)(F)F)CC1. The van der Waals surface area contributed by atoms with Gasteiger partial charge >= 0.3 is 6.18 Å². The molecule has 1 aromatic heterocycles. The Kier molecular flexibility index (Phi) is 6.42. The van der Waals surface area contributed by atoms with Gasteiger partial charge < -0.3 is 15.0 Å². The van der Waals surface area contributed by atoms with E-state index in [1.165, 1.54) is 18.3 Å². The second kappa shape index (κ2) is 8.32. The number of nitrogens with zero attached hydrogens (tertiary/aromatic N) is 2. The topological polar surface area (TPSA) is 54.5 Å². The molecule has 1 saturated heterocycles. The number of ether oxygens (including phenoxy) is 1. The first-order chi connectivity index (χ1) is 11.3. The summed E-state index contributed by atoms with van der Waals surface area (Å²) in [5, 5.41) is 2.71. The van der Waals surface area contributed by atoms with Gasteiger partial charge in [-0.2, -0.15) is 13.2 Å². The van der Waals surface area contributed by atoms with Gasteiger partial charge in [0.25, 0.3) is 5.91 Å². The summed E-state index contributed by atoms with van der Waals surface area (Å²) in [5.41, 5.74) is 0.00835. The monoisotopic (exact) mass is 345 g/mol. The Labute approximate surface area is 139 Å². The van der Waals surface area contributed by atoms with E-state index in [4.69, 9.17) is 0 Å². The number of carbonyl (C=O) groups excluding carboxylic acids is 1. The normalized spacial score (nSPS) is 16.8. The molecule has 0 aromatic carbocycles. The largest absolute Gasteiger partial charge is 0.467 e. The minimum absolute atomic E-state index is 0.00835. The number of amides is 1. The Morgan fingerprint density at radius 3 is 2.79 bits per heavy atom. The van der Waals surface area contributed by atoms with Crippen LogP contribution < -0.4 is 10.1 Å². The van der Waals surface area contributed by atoms with Crippen molar-refractivity contribution in [3.8, 4) is 5.88 Å². The predicted molar refractivity (Wildman–Crippen MR) is 83.0 cm³/mol. The van der Waals surface area contributed by atoms with E-state index in [2.05, 4.69) is 26.9 Å². The first-order valence-corrected chi connectivity index (χ1v) is 8.00. The molecule has 0 aliphatic carbocycles. The van der Waals surface area contributed by atoms with Crippen molar-refractivity contribution in [2.24, 2.45) is 5.92 Å². The van der Waals surface area contributed by atoms with Gasteiger partial charge in [-0.05, 0) is 44.0 Å². The maximum absolute atomic E-state index is 12.3. The molecule has 5 nitrogen and oxygen atoms in total. The van der Waals surface area contributed by atoms with E-state index in [9.17, 15) is 18.0 Å². The summed E-state index contributed by atoms with van der Waals surface area (Å²) in [6.07, 6.45) is -0.897. The van der Waals surface area contributed by atoms with Crippen molar-refractivity contribution in [2.45, 2.75) is 25.9 Å². The molecule has 0 atom stereocenters. The molecule has 2 rings (SSSR count). The molecule has 134 valence electrons. The van der Waals surface area contributed by atoms with E-state index in [1.54, 1.807) is 0 Å². The highest BCUT2D eigenvalue weighted by atomic mass is 19.4. The summed E-state index contributed by atoms with van der Waals surface area (Å²) in [7, 11) is 0. The third kappa shape index (κ3) is 5.99. The van der Waals surface area contributed by atoms with E-state index >= 15 is 0 Å². The summed E-state index contributed by atoms with van der Waals surface area (Å²) in [6, 6.07) is 2.89. The molecule has 24 heavy (non-hydrogen) atoms. The first kappa shape index (κ1) is 18.5. The van der Waals surface area contributed by atoms with Gasteiger partial charge in [-0.1, -0.05) is 6.92 Å². The lowest BCUT2D eigenvalue weighted by atomic mass is 9.99. The zero-order valence-corrected chi connectivity index (χ0v) is 13.6. The summed E-state index contributed by atoms with van der Waals surface area (Å²) in [6.45, 7) is 3.91. The second-order valence-corrected chi connectivity index (χ2v) is 6.04. The number of nitrogens with one attached hydrogen (secondary N) is 1. The standard InChI is InChI=1S/C16H22F3N3O2/c1-12-4-8-22(9-5-12)10-7-20-14(23)13-3-2-6-21-15(13)24-11-16(17,18)19/h2-3,6,12H,4-5,7-11H2,1H3,(H,20,23). The number of carbonyl (C=O) groups is 1. The predicted octanol–water partition coefficient (Wildman–Crippen LogP) is 2.48. The number of alkyl halides is 3. The zero-order chi connectivity index (χ0) is 17.6. The summed E-state index contributed by atoms with van der Waals surface area (Å²) >= 11 is 0. The van der Waals surface area contributed by atoms with Crippen molar-refractivity contribution in [3.63, 3.8) is 0 Å². The van der Waals surface area contributed by atoms with Crippen LogP contribution in [0.4, 0.5) is 13.2 Å². The second-order valence-electron chi connectivity index (χ2n) is 6.04. The third-order valence-corrected chi connectivity index (χ3v) is 3.98. The Morgan fingerprint density at radius 1 is 1.42 bits per heavy atom. The summed E-state index contributed by atoms with van der Waals surface area (Å²) in [5.74, 6) is -0.0515. The van der Waals surface area contributed by atoms with Crippen LogP contribution in [0.2, 0.25) is 0 Å². The smallest absolute Gasteiger partial charge is 0.422 e. The van der Waals surface area contributed by atoms with Gasteiger partial charge in [0, 0.05) is 19.3 Å². The molecule has 1 aliphatic rings. The molecule has 1 aliphatic heterocycles. The van der Waals surface area contributed by atoms with Crippen LogP contribution >= 0.6 is 0 Å². The van der Waals surface area contributed by atoms with Gasteiger partial charge in [-0.3, -0.25) is 4.79 Å². The van der Waals surface area contributed by atoms with Crippen LogP contribution in [0.1, 0.15) is 30.1 Å². The number of piperidine rings is 1. The molecule has 1 N–H and O–H groups in total. The van der Waals surface area contributed by atoms with Crippen LogP contribution in [-0.2, 0) is 0 Å². The van der Waals surface area contributed by atoms with Crippen LogP contribution in [0.25, 0.3) is 0 Å². The van der Waals surface area contributed by atoms with Gasteiger partial charge in [-0.25, -0.2) is 4.98 Å². The molecule has 1 amide bonds. The Balaban J connectivity index is 1.83. The fraction of sp³-hybridized carbons (Fsp3) is 0.625. The van der Waals surface area contributed by atoms with Crippen LogP contribution in [0.15, 0.2) is 18.3 Å². The van der Waals surface area contributed by atoms with Crippen molar-refractivity contribution in [1.82, 2.24) is 15.2 Å². The minimum Gasteiger partial charge on any atom is -0.467 e. The average molecular weight is 345 g/mol. The van der Waals surface area contributed by atoms with Crippen LogP contribution in [0.3, 0.4) is 0 Å². The quantitative estimate of drug-likeness (QED) is 0.861. The molecule has 1 fully saturated rings. The van der Waals surface area contributed by atoms with Gasteiger partial charge in [0.1, 0.15) is 5.56 Å². The molecule has 0 bridgehead atoms. The fourth-order valence-electron chi connectivity index (χ4n) is 2.54. The highest BCUT2D eigenvalue weighted by Gasteiger charge is 2.29. The minimum atomic E-state index is -4.48. The molecule has 0 spiro atoms. The van der Waals surface area contributed by atoms with E-state index in [0.717, 1.165) is 38.4 Å². The lowest BCUT2D eigenvalue weighted by Gasteiger charge is -2.30. The molecule has 1 aromatic rings. The number of rotatable bonds is 6. The van der Waals surface area contributed by atoms with E-state index in [1.807, 2.05) is 0 Å². The number of hydrogen-bond donors (Lipinski definition) is 1. The van der Waals surface area contributed by atoms with Crippen molar-refractivity contribution in [2.75, 3.05) is 32.8 Å². The summed E-state index contributed by atoms with van der Waals surface area (Å²) in [4.78, 5) is 18.1. The molecular weight excluding hydrogens is 323 g/mol. The Bertz CT molecular complexity index is 544. The van der Waals surface area contributed by atoms with Crippen LogP contribution in [0.5, 0.6) is 5.88 Å². The van der Waals surface area contributed by atoms with Crippen molar-refractivity contribution in [3.05, 3.63) is 23.9 Å². The number of halogens is 3. The van der Waals surface area contributed by atoms with Gasteiger partial charge in [-0.15, -0.1) is 0 Å². The number of aromatic nitrogens is 1. The highest BCUT2D eigenvalue weighted by Crippen LogP contribution is 2.20. The highest BCUT2D eigenvalue weighted by molar-refractivity contribution is 5.96. The summed E-state index contributed by atoms with van der Waals surface area (Å²) < 4.78 is 41.4. The average Bonchev–Trinajstić information content (AvgIpc) is 2.54. The third-order valence-electron chi connectivity index (χ3n) is 3.98. The maximum atomic E-state index is 12.3. The Morgan fingerprint density at radius 2 is 2.12 bits per heavy atom. The molecule has 0 saturated carbocycles. The number of likely N-dealkylation sites (tertiary alicyclic amines) is 1. The molecule has 8 heteroatoms. The number of pyridine rings is 1. The first-order valence-electron chi connectivity index (χ1n) is 8.00. The zero-order valence-electron chi connectivity index (χ0n) is 13.6. The van der Waals surface area contributed by atoms with Crippen molar-refractivity contribution >= 4 is 5.91 Å². The molecular formula is C16H22F3N3O2. The van der Waals surface area contributed by atoms with Crippen LogP contribution in [0, 0.1) is 5.92 Å². The lowest BCUT2D eigenvalue weighted by molar-refractivity contribution is -0.154. The molecule has 2 heterocycles. The van der Waals surface area contributed by atoms with Crippen molar-refractivity contribution in [1.29, 1.82) is 0 Å². The van der Waals surface area contributed by atoms with Crippen molar-refractivity contribution < 1.29 is 22.7 Å². The lowest BCUT2D eigenvalue weighted by Crippen LogP contribution is -2.39. The van der Waals surface area contributed by atoms with Gasteiger partial charge in [0.05, 0.1) is 0 Å². The van der Waals surface area contributed by atoms with E-state index in [0.29, 0.717) is 6.54 Å². The number of hydrogen-bond acceptors (Lipinski definition) is 4. The van der Waals surface area contributed by atoms with E-state index in [-0.39, 0.29) is 11.4 Å². The molecule has 0 unspecified atom stereocenters. The molecule has 0 radical (unpaired) electrons. The fourth-order valence-corrected chi connectivity index (χ4v) is 2.54. The maximum Gasteiger partial charge on any atom is 0.422 e. The van der Waals surface area contributed by atoms with Gasteiger partial charge in [0.2, 0.25) is 5.88 Å².